The van der Waals surface area contributed by atoms with E-state index in [2.05, 4.69) is 15.3 Å². The SMILES string of the molecule is Cc1cnc(C(=O)NCc2cccc(N)c2C)cn1. The topological polar surface area (TPSA) is 80.9 Å². The molecule has 0 aliphatic carbocycles. The van der Waals surface area contributed by atoms with Gasteiger partial charge in [-0.2, -0.15) is 0 Å². The Morgan fingerprint density at radius 3 is 2.74 bits per heavy atom. The van der Waals surface area contributed by atoms with Gasteiger partial charge in [-0.3, -0.25) is 9.78 Å². The summed E-state index contributed by atoms with van der Waals surface area (Å²) < 4.78 is 0. The average molecular weight is 256 g/mol. The molecule has 0 aliphatic heterocycles. The molecule has 3 N–H and O–H groups in total. The number of nitrogens with zero attached hydrogens (tertiary/aromatic N) is 2. The molecule has 0 atom stereocenters. The van der Waals surface area contributed by atoms with Crippen LogP contribution < -0.4 is 11.1 Å². The molecule has 1 amide bonds. The van der Waals surface area contributed by atoms with Crippen molar-refractivity contribution in [2.45, 2.75) is 20.4 Å². The van der Waals surface area contributed by atoms with E-state index in [0.717, 1.165) is 22.5 Å². The standard InChI is InChI=1S/C14H16N4O/c1-9-6-17-13(8-16-9)14(19)18-7-11-4-3-5-12(15)10(11)2/h3-6,8H,7,15H2,1-2H3,(H,18,19). The zero-order valence-corrected chi connectivity index (χ0v) is 11.0. The second kappa shape index (κ2) is 5.48. The van der Waals surface area contributed by atoms with Crippen molar-refractivity contribution in [2.24, 2.45) is 0 Å². The molecule has 0 bridgehead atoms. The molecule has 2 aromatic rings. The highest BCUT2D eigenvalue weighted by Crippen LogP contribution is 2.15. The lowest BCUT2D eigenvalue weighted by Crippen LogP contribution is -2.24. The Kier molecular flexibility index (Phi) is 3.75. The summed E-state index contributed by atoms with van der Waals surface area (Å²) in [6.45, 7) is 4.18. The Balaban J connectivity index is 2.04. The number of hydrogen-bond acceptors (Lipinski definition) is 4. The van der Waals surface area contributed by atoms with Crippen molar-refractivity contribution >= 4 is 11.6 Å². The van der Waals surface area contributed by atoms with E-state index in [-0.39, 0.29) is 5.91 Å². The fraction of sp³-hybridized carbons (Fsp3) is 0.214. The summed E-state index contributed by atoms with van der Waals surface area (Å²) in [6.07, 6.45) is 3.04. The van der Waals surface area contributed by atoms with Crippen LogP contribution in [0, 0.1) is 13.8 Å². The van der Waals surface area contributed by atoms with Gasteiger partial charge in [0.25, 0.3) is 5.91 Å². The third-order valence-electron chi connectivity index (χ3n) is 2.94. The second-order valence-electron chi connectivity index (χ2n) is 4.36. The Labute approximate surface area is 111 Å². The molecule has 0 saturated carbocycles. The number of aromatic nitrogens is 2. The van der Waals surface area contributed by atoms with Gasteiger partial charge in [0.05, 0.1) is 11.9 Å². The molecule has 1 heterocycles. The van der Waals surface area contributed by atoms with Crippen LogP contribution in [0.15, 0.2) is 30.6 Å². The average Bonchev–Trinajstić information content (AvgIpc) is 2.41. The fourth-order valence-corrected chi connectivity index (χ4v) is 1.67. The minimum atomic E-state index is -0.241. The van der Waals surface area contributed by atoms with E-state index < -0.39 is 0 Å². The first-order chi connectivity index (χ1) is 9.08. The van der Waals surface area contributed by atoms with E-state index >= 15 is 0 Å². The van der Waals surface area contributed by atoms with Gasteiger partial charge in [0.1, 0.15) is 5.69 Å². The molecule has 0 saturated heterocycles. The van der Waals surface area contributed by atoms with Crippen molar-refractivity contribution in [1.29, 1.82) is 0 Å². The van der Waals surface area contributed by atoms with Gasteiger partial charge in [-0.15, -0.1) is 0 Å². The van der Waals surface area contributed by atoms with Crippen molar-refractivity contribution in [3.8, 4) is 0 Å². The monoisotopic (exact) mass is 256 g/mol. The molecule has 98 valence electrons. The summed E-state index contributed by atoms with van der Waals surface area (Å²) in [5, 5.41) is 2.81. The lowest BCUT2D eigenvalue weighted by atomic mass is 10.1. The van der Waals surface area contributed by atoms with Crippen LogP contribution in [0.3, 0.4) is 0 Å². The van der Waals surface area contributed by atoms with E-state index in [9.17, 15) is 4.79 Å². The van der Waals surface area contributed by atoms with E-state index in [1.165, 1.54) is 6.20 Å². The quantitative estimate of drug-likeness (QED) is 0.817. The predicted molar refractivity (Wildman–Crippen MR) is 73.5 cm³/mol. The van der Waals surface area contributed by atoms with Gasteiger partial charge in [-0.25, -0.2) is 4.98 Å². The Morgan fingerprint density at radius 1 is 1.26 bits per heavy atom. The molecule has 1 aromatic heterocycles. The van der Waals surface area contributed by atoms with E-state index in [4.69, 9.17) is 5.73 Å². The smallest absolute Gasteiger partial charge is 0.271 e. The number of benzene rings is 1. The number of aryl methyl sites for hydroxylation is 1. The van der Waals surface area contributed by atoms with Gasteiger partial charge in [-0.1, -0.05) is 12.1 Å². The molecular weight excluding hydrogens is 240 g/mol. The number of carbonyl (C=O) groups is 1. The number of hydrogen-bond donors (Lipinski definition) is 2. The third-order valence-corrected chi connectivity index (χ3v) is 2.94. The molecule has 0 aliphatic rings. The van der Waals surface area contributed by atoms with Gasteiger partial charge < -0.3 is 11.1 Å². The number of rotatable bonds is 3. The van der Waals surface area contributed by atoms with Crippen molar-refractivity contribution in [3.05, 3.63) is 53.1 Å². The highest BCUT2D eigenvalue weighted by molar-refractivity contribution is 5.91. The van der Waals surface area contributed by atoms with Crippen molar-refractivity contribution in [2.75, 3.05) is 5.73 Å². The second-order valence-corrected chi connectivity index (χ2v) is 4.36. The molecule has 0 radical (unpaired) electrons. The van der Waals surface area contributed by atoms with Crippen molar-refractivity contribution in [3.63, 3.8) is 0 Å². The first-order valence-corrected chi connectivity index (χ1v) is 5.98. The number of amides is 1. The summed E-state index contributed by atoms with van der Waals surface area (Å²) in [5.74, 6) is -0.241. The van der Waals surface area contributed by atoms with Gasteiger partial charge >= 0.3 is 0 Å². The highest BCUT2D eigenvalue weighted by atomic mass is 16.1. The maximum Gasteiger partial charge on any atom is 0.271 e. The van der Waals surface area contributed by atoms with Gasteiger partial charge in [0.2, 0.25) is 0 Å². The Hall–Kier alpha value is -2.43. The van der Waals surface area contributed by atoms with Crippen molar-refractivity contribution < 1.29 is 4.79 Å². The van der Waals surface area contributed by atoms with Crippen LogP contribution in [-0.2, 0) is 6.54 Å². The molecule has 19 heavy (non-hydrogen) atoms. The number of carbonyl (C=O) groups excluding carboxylic acids is 1. The molecule has 1 aromatic carbocycles. The molecule has 5 heteroatoms. The van der Waals surface area contributed by atoms with Crippen LogP contribution in [0.2, 0.25) is 0 Å². The van der Waals surface area contributed by atoms with Crippen LogP contribution in [0.4, 0.5) is 5.69 Å². The van der Waals surface area contributed by atoms with Crippen LogP contribution >= 0.6 is 0 Å². The highest BCUT2D eigenvalue weighted by Gasteiger charge is 2.08. The lowest BCUT2D eigenvalue weighted by Gasteiger charge is -2.09. The summed E-state index contributed by atoms with van der Waals surface area (Å²) in [6, 6.07) is 5.65. The van der Waals surface area contributed by atoms with Gasteiger partial charge in [-0.05, 0) is 31.0 Å². The zero-order valence-electron chi connectivity index (χ0n) is 11.0. The first kappa shape index (κ1) is 13.0. The van der Waals surface area contributed by atoms with E-state index in [1.54, 1.807) is 6.20 Å². The number of nitrogens with one attached hydrogen (secondary N) is 1. The van der Waals surface area contributed by atoms with Gasteiger partial charge in [0, 0.05) is 18.4 Å². The maximum absolute atomic E-state index is 11.9. The molecule has 0 unspecified atom stereocenters. The summed E-state index contributed by atoms with van der Waals surface area (Å²) >= 11 is 0. The number of anilines is 1. The van der Waals surface area contributed by atoms with E-state index in [1.807, 2.05) is 32.0 Å². The molecule has 0 spiro atoms. The van der Waals surface area contributed by atoms with Gasteiger partial charge in [0.15, 0.2) is 0 Å². The predicted octanol–water partition coefficient (Wildman–Crippen LogP) is 1.61. The first-order valence-electron chi connectivity index (χ1n) is 5.98. The van der Waals surface area contributed by atoms with Crippen LogP contribution in [-0.4, -0.2) is 15.9 Å². The summed E-state index contributed by atoms with van der Waals surface area (Å²) in [5.41, 5.74) is 9.61. The molecule has 0 fully saturated rings. The molecule has 2 rings (SSSR count). The Morgan fingerprint density at radius 2 is 2.05 bits per heavy atom. The minimum absolute atomic E-state index is 0.241. The largest absolute Gasteiger partial charge is 0.399 e. The van der Waals surface area contributed by atoms with Crippen LogP contribution in [0.1, 0.15) is 27.3 Å². The zero-order chi connectivity index (χ0) is 13.8. The van der Waals surface area contributed by atoms with Crippen LogP contribution in [0.5, 0.6) is 0 Å². The molecule has 5 nitrogen and oxygen atoms in total. The number of nitrogens with two attached hydrogens (primary N) is 1. The lowest BCUT2D eigenvalue weighted by molar-refractivity contribution is 0.0945. The minimum Gasteiger partial charge on any atom is -0.399 e. The normalized spacial score (nSPS) is 10.2. The fourth-order valence-electron chi connectivity index (χ4n) is 1.67. The Bertz CT molecular complexity index is 593. The maximum atomic E-state index is 11.9. The number of nitrogen functional groups attached to an aromatic ring is 1. The third kappa shape index (κ3) is 3.07. The van der Waals surface area contributed by atoms with Crippen LogP contribution in [0.25, 0.3) is 0 Å². The van der Waals surface area contributed by atoms with E-state index in [0.29, 0.717) is 12.2 Å². The van der Waals surface area contributed by atoms with Crippen molar-refractivity contribution in [1.82, 2.24) is 15.3 Å². The summed E-state index contributed by atoms with van der Waals surface area (Å²) in [7, 11) is 0. The summed E-state index contributed by atoms with van der Waals surface area (Å²) in [4.78, 5) is 20.0. The molecular formula is C14H16N4O.